The van der Waals surface area contributed by atoms with Gasteiger partial charge in [-0.2, -0.15) is 0 Å². The van der Waals surface area contributed by atoms with E-state index in [4.69, 9.17) is 14.2 Å². The lowest BCUT2D eigenvalue weighted by molar-refractivity contribution is -0.118. The van der Waals surface area contributed by atoms with Crippen LogP contribution >= 0.6 is 0 Å². The van der Waals surface area contributed by atoms with Crippen molar-refractivity contribution in [1.29, 1.82) is 0 Å². The number of carbonyl (C=O) groups is 1. The van der Waals surface area contributed by atoms with Crippen LogP contribution < -0.4 is 19.5 Å². The zero-order valence-electron chi connectivity index (χ0n) is 13.6. The van der Waals surface area contributed by atoms with Gasteiger partial charge in [0.15, 0.2) is 6.61 Å². The van der Waals surface area contributed by atoms with E-state index < -0.39 is 0 Å². The fourth-order valence-electron chi connectivity index (χ4n) is 2.16. The van der Waals surface area contributed by atoms with Gasteiger partial charge in [0.2, 0.25) is 0 Å². The summed E-state index contributed by atoms with van der Waals surface area (Å²) in [6.07, 6.45) is 0.852. The molecule has 2 rings (SSSR count). The smallest absolute Gasteiger partial charge is 0.262 e. The summed E-state index contributed by atoms with van der Waals surface area (Å²) in [5.41, 5.74) is 1.67. The van der Waals surface area contributed by atoms with Crippen LogP contribution in [0.5, 0.6) is 17.2 Å². The van der Waals surface area contributed by atoms with Crippen molar-refractivity contribution in [3.8, 4) is 17.2 Å². The molecule has 0 aliphatic heterocycles. The number of benzene rings is 2. The molecule has 0 heterocycles. The molecule has 0 aromatic heterocycles. The zero-order valence-corrected chi connectivity index (χ0v) is 13.6. The van der Waals surface area contributed by atoms with Crippen molar-refractivity contribution in [2.75, 3.05) is 26.1 Å². The van der Waals surface area contributed by atoms with Gasteiger partial charge in [0.1, 0.15) is 17.2 Å². The molecule has 0 atom stereocenters. The lowest BCUT2D eigenvalue weighted by Crippen LogP contribution is -2.20. The van der Waals surface area contributed by atoms with Gasteiger partial charge in [-0.25, -0.2) is 0 Å². The second kappa shape index (κ2) is 8.08. The number of amides is 1. The number of ether oxygens (including phenoxy) is 3. The minimum Gasteiger partial charge on any atom is -0.497 e. The average molecular weight is 315 g/mol. The molecule has 0 unspecified atom stereocenters. The molecule has 1 amide bonds. The molecular formula is C18H21NO4. The van der Waals surface area contributed by atoms with Crippen molar-refractivity contribution in [3.63, 3.8) is 0 Å². The fourth-order valence-corrected chi connectivity index (χ4v) is 2.16. The number of methoxy groups -OCH3 is 2. The maximum Gasteiger partial charge on any atom is 0.262 e. The van der Waals surface area contributed by atoms with Gasteiger partial charge in [-0.05, 0) is 18.1 Å². The fraction of sp³-hybridized carbons (Fsp3) is 0.278. The third kappa shape index (κ3) is 4.64. The number of carbonyl (C=O) groups excluding carboxylic acids is 1. The summed E-state index contributed by atoms with van der Waals surface area (Å²) in [4.78, 5) is 12.1. The van der Waals surface area contributed by atoms with Crippen LogP contribution in [-0.4, -0.2) is 26.7 Å². The maximum absolute atomic E-state index is 12.1. The normalized spacial score (nSPS) is 10.0. The Hall–Kier alpha value is -2.69. The standard InChI is InChI=1S/C18H21NO4/c1-4-13-7-5-6-8-17(13)23-12-18(20)19-14-9-15(21-2)11-16(10-14)22-3/h5-11H,4,12H2,1-3H3,(H,19,20). The van der Waals surface area contributed by atoms with Crippen LogP contribution in [-0.2, 0) is 11.2 Å². The summed E-state index contributed by atoms with van der Waals surface area (Å²) in [6.45, 7) is 1.99. The molecule has 0 saturated heterocycles. The Morgan fingerprint density at radius 2 is 1.70 bits per heavy atom. The summed E-state index contributed by atoms with van der Waals surface area (Å²) in [6, 6.07) is 12.9. The van der Waals surface area contributed by atoms with E-state index in [1.165, 1.54) is 0 Å². The molecule has 0 aliphatic rings. The lowest BCUT2D eigenvalue weighted by Gasteiger charge is -2.12. The van der Waals surface area contributed by atoms with Crippen molar-refractivity contribution in [2.45, 2.75) is 13.3 Å². The van der Waals surface area contributed by atoms with Crippen LogP contribution in [0.3, 0.4) is 0 Å². The van der Waals surface area contributed by atoms with Gasteiger partial charge >= 0.3 is 0 Å². The SMILES string of the molecule is CCc1ccccc1OCC(=O)Nc1cc(OC)cc(OC)c1. The molecule has 5 nitrogen and oxygen atoms in total. The van der Waals surface area contributed by atoms with Gasteiger partial charge in [0, 0.05) is 23.9 Å². The Morgan fingerprint density at radius 3 is 2.30 bits per heavy atom. The first-order chi connectivity index (χ1) is 11.2. The predicted molar refractivity (Wildman–Crippen MR) is 89.5 cm³/mol. The van der Waals surface area contributed by atoms with E-state index in [1.807, 2.05) is 31.2 Å². The van der Waals surface area contributed by atoms with Crippen molar-refractivity contribution in [2.24, 2.45) is 0 Å². The van der Waals surface area contributed by atoms with Gasteiger partial charge in [0.25, 0.3) is 5.91 Å². The topological polar surface area (TPSA) is 56.8 Å². The number of nitrogens with one attached hydrogen (secondary N) is 1. The highest BCUT2D eigenvalue weighted by Crippen LogP contribution is 2.25. The molecule has 0 fully saturated rings. The van der Waals surface area contributed by atoms with Crippen molar-refractivity contribution < 1.29 is 19.0 Å². The molecule has 0 spiro atoms. The summed E-state index contributed by atoms with van der Waals surface area (Å²) in [5.74, 6) is 1.70. The number of hydrogen-bond acceptors (Lipinski definition) is 4. The quantitative estimate of drug-likeness (QED) is 0.852. The van der Waals surface area contributed by atoms with E-state index in [1.54, 1.807) is 32.4 Å². The van der Waals surface area contributed by atoms with Gasteiger partial charge in [-0.3, -0.25) is 4.79 Å². The van der Waals surface area contributed by atoms with Gasteiger partial charge in [0.05, 0.1) is 14.2 Å². The van der Waals surface area contributed by atoms with E-state index in [9.17, 15) is 4.79 Å². The first-order valence-corrected chi connectivity index (χ1v) is 7.40. The summed E-state index contributed by atoms with van der Waals surface area (Å²) >= 11 is 0. The molecule has 23 heavy (non-hydrogen) atoms. The lowest BCUT2D eigenvalue weighted by atomic mass is 10.1. The molecule has 0 radical (unpaired) electrons. The Labute approximate surface area is 136 Å². The molecule has 0 saturated carbocycles. The van der Waals surface area contributed by atoms with Crippen molar-refractivity contribution in [1.82, 2.24) is 0 Å². The summed E-state index contributed by atoms with van der Waals surface area (Å²) < 4.78 is 16.0. The Balaban J connectivity index is 1.99. The van der Waals surface area contributed by atoms with Crippen molar-refractivity contribution in [3.05, 3.63) is 48.0 Å². The van der Waals surface area contributed by atoms with E-state index in [2.05, 4.69) is 5.32 Å². The second-order valence-electron chi connectivity index (χ2n) is 4.90. The highest BCUT2D eigenvalue weighted by Gasteiger charge is 2.08. The van der Waals surface area contributed by atoms with Crippen LogP contribution in [0.15, 0.2) is 42.5 Å². The minimum absolute atomic E-state index is 0.0590. The van der Waals surface area contributed by atoms with Crippen LogP contribution in [0.1, 0.15) is 12.5 Å². The number of aryl methyl sites for hydroxylation is 1. The highest BCUT2D eigenvalue weighted by atomic mass is 16.5. The van der Waals surface area contributed by atoms with Crippen LogP contribution in [0.25, 0.3) is 0 Å². The van der Waals surface area contributed by atoms with E-state index >= 15 is 0 Å². The minimum atomic E-state index is -0.244. The first kappa shape index (κ1) is 16.7. The summed E-state index contributed by atoms with van der Waals surface area (Å²) in [5, 5.41) is 2.78. The number of rotatable bonds is 7. The maximum atomic E-state index is 12.1. The third-order valence-corrected chi connectivity index (χ3v) is 3.35. The molecule has 1 N–H and O–H groups in total. The Bertz CT molecular complexity index is 648. The molecule has 2 aromatic carbocycles. The Kier molecular flexibility index (Phi) is 5.86. The Morgan fingerprint density at radius 1 is 1.04 bits per heavy atom. The van der Waals surface area contributed by atoms with E-state index in [0.717, 1.165) is 17.7 Å². The number of hydrogen-bond donors (Lipinski definition) is 1. The van der Waals surface area contributed by atoms with E-state index in [0.29, 0.717) is 17.2 Å². The van der Waals surface area contributed by atoms with Gasteiger partial charge in [-0.15, -0.1) is 0 Å². The molecule has 5 heteroatoms. The molecular weight excluding hydrogens is 294 g/mol. The van der Waals surface area contributed by atoms with E-state index in [-0.39, 0.29) is 12.5 Å². The molecule has 2 aromatic rings. The monoisotopic (exact) mass is 315 g/mol. The van der Waals surface area contributed by atoms with Gasteiger partial charge in [-0.1, -0.05) is 25.1 Å². The molecule has 0 bridgehead atoms. The largest absolute Gasteiger partial charge is 0.497 e. The van der Waals surface area contributed by atoms with Crippen molar-refractivity contribution >= 4 is 11.6 Å². The summed E-state index contributed by atoms with van der Waals surface area (Å²) in [7, 11) is 3.12. The van der Waals surface area contributed by atoms with Crippen LogP contribution in [0.2, 0.25) is 0 Å². The second-order valence-corrected chi connectivity index (χ2v) is 4.90. The number of para-hydroxylation sites is 1. The number of anilines is 1. The predicted octanol–water partition coefficient (Wildman–Crippen LogP) is 3.28. The van der Waals surface area contributed by atoms with Gasteiger partial charge < -0.3 is 19.5 Å². The van der Waals surface area contributed by atoms with Crippen LogP contribution in [0, 0.1) is 0 Å². The zero-order chi connectivity index (χ0) is 16.7. The first-order valence-electron chi connectivity index (χ1n) is 7.40. The highest BCUT2D eigenvalue weighted by molar-refractivity contribution is 5.92. The molecule has 122 valence electrons. The third-order valence-electron chi connectivity index (χ3n) is 3.35. The average Bonchev–Trinajstić information content (AvgIpc) is 2.59. The van der Waals surface area contributed by atoms with Crippen LogP contribution in [0.4, 0.5) is 5.69 Å². The molecule has 0 aliphatic carbocycles.